The molecule has 0 saturated heterocycles. The molecule has 0 unspecified atom stereocenters. The van der Waals surface area contributed by atoms with Gasteiger partial charge < -0.3 is 10.4 Å². The third kappa shape index (κ3) is 3.85. The van der Waals surface area contributed by atoms with Crippen molar-refractivity contribution in [2.45, 2.75) is 51.4 Å². The van der Waals surface area contributed by atoms with E-state index >= 15 is 0 Å². The Morgan fingerprint density at radius 3 is 2.80 bits per heavy atom. The average molecular weight is 288 g/mol. The number of aromatic hydroxyl groups is 1. The summed E-state index contributed by atoms with van der Waals surface area (Å²) in [7, 11) is 0. The van der Waals surface area contributed by atoms with Crippen molar-refractivity contribution in [1.29, 1.82) is 0 Å². The Morgan fingerprint density at radius 2 is 2.10 bits per heavy atom. The molecule has 1 aliphatic rings. The summed E-state index contributed by atoms with van der Waals surface area (Å²) >= 11 is 0. The number of alkyl halides is 3. The molecule has 0 spiro atoms. The Kier molecular flexibility index (Phi) is 4.52. The predicted octanol–water partition coefficient (Wildman–Crippen LogP) is 3.31. The Bertz CT molecular complexity index is 462. The van der Waals surface area contributed by atoms with Crippen LogP contribution < -0.4 is 5.32 Å². The zero-order chi connectivity index (χ0) is 14.8. The van der Waals surface area contributed by atoms with Crippen LogP contribution in [0.2, 0.25) is 0 Å². The molecule has 0 radical (unpaired) electrons. The van der Waals surface area contributed by atoms with Gasteiger partial charge in [-0.3, -0.25) is 4.98 Å². The average Bonchev–Trinajstić information content (AvgIpc) is 2.39. The van der Waals surface area contributed by atoms with Crippen LogP contribution in [-0.2, 0) is 6.54 Å². The number of hydrogen-bond donors (Lipinski definition) is 2. The van der Waals surface area contributed by atoms with E-state index in [4.69, 9.17) is 0 Å². The largest absolute Gasteiger partial charge is 0.506 e. The molecule has 0 bridgehead atoms. The zero-order valence-electron chi connectivity index (χ0n) is 11.4. The zero-order valence-corrected chi connectivity index (χ0v) is 11.4. The Balaban J connectivity index is 1.92. The van der Waals surface area contributed by atoms with Gasteiger partial charge in [-0.1, -0.05) is 6.42 Å². The van der Waals surface area contributed by atoms with Crippen LogP contribution in [0.5, 0.6) is 5.75 Å². The number of aryl methyl sites for hydroxylation is 1. The summed E-state index contributed by atoms with van der Waals surface area (Å²) in [5, 5.41) is 12.7. The maximum absolute atomic E-state index is 12.7. The van der Waals surface area contributed by atoms with E-state index in [1.54, 1.807) is 12.1 Å². The van der Waals surface area contributed by atoms with Crippen molar-refractivity contribution in [2.24, 2.45) is 5.92 Å². The number of hydrogen-bond acceptors (Lipinski definition) is 3. The lowest BCUT2D eigenvalue weighted by molar-refractivity contribution is -0.183. The maximum atomic E-state index is 12.7. The van der Waals surface area contributed by atoms with Gasteiger partial charge in [0.15, 0.2) is 0 Å². The number of rotatable bonds is 3. The second-order valence-electron chi connectivity index (χ2n) is 5.40. The van der Waals surface area contributed by atoms with Crippen molar-refractivity contribution in [2.75, 3.05) is 0 Å². The van der Waals surface area contributed by atoms with E-state index in [0.717, 1.165) is 12.1 Å². The molecule has 1 aromatic heterocycles. The first kappa shape index (κ1) is 15.1. The SMILES string of the molecule is Cc1ccc(O)c(CN[C@H]2CCC[C@@H](C(F)(F)F)C2)n1. The summed E-state index contributed by atoms with van der Waals surface area (Å²) < 4.78 is 38.1. The normalized spacial score (nSPS) is 23.8. The van der Waals surface area contributed by atoms with Gasteiger partial charge in [0, 0.05) is 18.3 Å². The summed E-state index contributed by atoms with van der Waals surface area (Å²) in [5.74, 6) is -1.14. The lowest BCUT2D eigenvalue weighted by Gasteiger charge is -2.31. The van der Waals surface area contributed by atoms with Crippen LogP contribution in [0.15, 0.2) is 12.1 Å². The molecule has 2 N–H and O–H groups in total. The van der Waals surface area contributed by atoms with E-state index in [2.05, 4.69) is 10.3 Å². The molecular weight excluding hydrogens is 269 g/mol. The van der Waals surface area contributed by atoms with Gasteiger partial charge in [-0.2, -0.15) is 13.2 Å². The fourth-order valence-electron chi connectivity index (χ4n) is 2.65. The van der Waals surface area contributed by atoms with Crippen molar-refractivity contribution in [3.8, 4) is 5.75 Å². The van der Waals surface area contributed by atoms with E-state index in [9.17, 15) is 18.3 Å². The maximum Gasteiger partial charge on any atom is 0.391 e. The van der Waals surface area contributed by atoms with Crippen molar-refractivity contribution in [1.82, 2.24) is 10.3 Å². The second kappa shape index (κ2) is 5.99. The topological polar surface area (TPSA) is 45.1 Å². The molecule has 3 nitrogen and oxygen atoms in total. The molecule has 2 atom stereocenters. The highest BCUT2D eigenvalue weighted by molar-refractivity contribution is 5.27. The number of nitrogens with one attached hydrogen (secondary N) is 1. The Labute approximate surface area is 116 Å². The molecular formula is C14H19F3N2O. The highest BCUT2D eigenvalue weighted by Gasteiger charge is 2.42. The monoisotopic (exact) mass is 288 g/mol. The number of aromatic nitrogens is 1. The van der Waals surface area contributed by atoms with Crippen molar-refractivity contribution in [3.63, 3.8) is 0 Å². The van der Waals surface area contributed by atoms with Crippen molar-refractivity contribution < 1.29 is 18.3 Å². The van der Waals surface area contributed by atoms with Gasteiger partial charge in [0.1, 0.15) is 5.75 Å². The van der Waals surface area contributed by atoms with Crippen molar-refractivity contribution in [3.05, 3.63) is 23.5 Å². The molecule has 1 aromatic rings. The second-order valence-corrected chi connectivity index (χ2v) is 5.40. The molecule has 1 aliphatic carbocycles. The molecule has 6 heteroatoms. The molecule has 20 heavy (non-hydrogen) atoms. The Morgan fingerprint density at radius 1 is 1.35 bits per heavy atom. The third-order valence-electron chi connectivity index (χ3n) is 3.78. The first-order chi connectivity index (χ1) is 9.36. The molecule has 1 saturated carbocycles. The molecule has 1 heterocycles. The van der Waals surface area contributed by atoms with Gasteiger partial charge in [0.05, 0.1) is 11.6 Å². The fourth-order valence-corrected chi connectivity index (χ4v) is 2.65. The molecule has 2 rings (SSSR count). The van der Waals surface area contributed by atoms with E-state index in [1.807, 2.05) is 6.92 Å². The minimum Gasteiger partial charge on any atom is -0.506 e. The van der Waals surface area contributed by atoms with Gasteiger partial charge in [-0.15, -0.1) is 0 Å². The van der Waals surface area contributed by atoms with Crippen LogP contribution in [-0.4, -0.2) is 22.3 Å². The fraction of sp³-hybridized carbons (Fsp3) is 0.643. The van der Waals surface area contributed by atoms with Crippen LogP contribution in [0.25, 0.3) is 0 Å². The Hall–Kier alpha value is -1.30. The van der Waals surface area contributed by atoms with Crippen LogP contribution in [0.1, 0.15) is 37.1 Å². The van der Waals surface area contributed by atoms with Crippen LogP contribution >= 0.6 is 0 Å². The smallest absolute Gasteiger partial charge is 0.391 e. The summed E-state index contributed by atoms with van der Waals surface area (Å²) in [4.78, 5) is 4.19. The lowest BCUT2D eigenvalue weighted by Crippen LogP contribution is -2.38. The van der Waals surface area contributed by atoms with Gasteiger partial charge in [0.25, 0.3) is 0 Å². The van der Waals surface area contributed by atoms with Crippen LogP contribution in [0.4, 0.5) is 13.2 Å². The highest BCUT2D eigenvalue weighted by Crippen LogP contribution is 2.37. The molecule has 1 fully saturated rings. The van der Waals surface area contributed by atoms with Crippen LogP contribution in [0.3, 0.4) is 0 Å². The summed E-state index contributed by atoms with van der Waals surface area (Å²) in [6, 6.07) is 3.08. The van der Waals surface area contributed by atoms with Gasteiger partial charge in [-0.25, -0.2) is 0 Å². The van der Waals surface area contributed by atoms with E-state index in [1.165, 1.54) is 0 Å². The van der Waals surface area contributed by atoms with Gasteiger partial charge >= 0.3 is 6.18 Å². The summed E-state index contributed by atoms with van der Waals surface area (Å²) in [6.45, 7) is 2.10. The highest BCUT2D eigenvalue weighted by atomic mass is 19.4. The number of nitrogens with zero attached hydrogens (tertiary/aromatic N) is 1. The molecule has 0 amide bonds. The van der Waals surface area contributed by atoms with E-state index < -0.39 is 12.1 Å². The molecule has 112 valence electrons. The first-order valence-electron chi connectivity index (χ1n) is 6.82. The number of halogens is 3. The predicted molar refractivity (Wildman–Crippen MR) is 69.3 cm³/mol. The van der Waals surface area contributed by atoms with E-state index in [-0.39, 0.29) is 24.6 Å². The third-order valence-corrected chi connectivity index (χ3v) is 3.78. The molecule has 0 aliphatic heterocycles. The summed E-state index contributed by atoms with van der Waals surface area (Å²) in [5.41, 5.74) is 1.26. The summed E-state index contributed by atoms with van der Waals surface area (Å²) in [6.07, 6.45) is -2.47. The molecule has 0 aromatic carbocycles. The minimum absolute atomic E-state index is 0.0753. The quantitative estimate of drug-likeness (QED) is 0.897. The standard InChI is InChI=1S/C14H19F3N2O/c1-9-5-6-13(20)12(19-9)8-18-11-4-2-3-10(7-11)14(15,16)17/h5-6,10-11,18,20H,2-4,7-8H2,1H3/t10-,11+/m1/s1. The van der Waals surface area contributed by atoms with Gasteiger partial charge in [0.2, 0.25) is 0 Å². The number of pyridine rings is 1. The van der Waals surface area contributed by atoms with Crippen LogP contribution in [0, 0.1) is 12.8 Å². The first-order valence-corrected chi connectivity index (χ1v) is 6.82. The van der Waals surface area contributed by atoms with Crippen molar-refractivity contribution >= 4 is 0 Å². The minimum atomic E-state index is -4.11. The van der Waals surface area contributed by atoms with Gasteiger partial charge in [-0.05, 0) is 38.3 Å². The lowest BCUT2D eigenvalue weighted by atomic mass is 9.85. The van der Waals surface area contributed by atoms with E-state index in [0.29, 0.717) is 18.7 Å².